The van der Waals surface area contributed by atoms with E-state index in [0.717, 1.165) is 0 Å². The molecular formula is C17H13N5O2. The molecule has 0 unspecified atom stereocenters. The zero-order valence-electron chi connectivity index (χ0n) is 12.6. The Labute approximate surface area is 138 Å². The summed E-state index contributed by atoms with van der Waals surface area (Å²) in [7, 11) is 0. The van der Waals surface area contributed by atoms with Gasteiger partial charge in [-0.25, -0.2) is 0 Å². The molecule has 0 spiro atoms. The van der Waals surface area contributed by atoms with Crippen molar-refractivity contribution in [3.05, 3.63) is 54.6 Å². The van der Waals surface area contributed by atoms with Crippen molar-refractivity contribution in [2.75, 3.05) is 17.3 Å². The summed E-state index contributed by atoms with van der Waals surface area (Å²) in [5.41, 5.74) is 3.48. The number of anilines is 2. The summed E-state index contributed by atoms with van der Waals surface area (Å²) in [5.74, 6) is 0.338. The average molecular weight is 319 g/mol. The van der Waals surface area contributed by atoms with E-state index < -0.39 is 0 Å². The smallest absolute Gasteiger partial charge is 0.262 e. The van der Waals surface area contributed by atoms with E-state index in [1.165, 1.54) is 0 Å². The number of nitriles is 2. The number of amides is 1. The molecule has 0 aromatic heterocycles. The Hall–Kier alpha value is -3.84. The molecule has 2 N–H and O–H groups in total. The second kappa shape index (κ2) is 8.57. The molecule has 0 fully saturated rings. The molecule has 0 saturated carbocycles. The van der Waals surface area contributed by atoms with Crippen LogP contribution in [-0.2, 0) is 4.79 Å². The lowest BCUT2D eigenvalue weighted by molar-refractivity contribution is -0.118. The largest absolute Gasteiger partial charge is 0.484 e. The average Bonchev–Trinajstić information content (AvgIpc) is 2.63. The molecule has 0 saturated heterocycles. The quantitative estimate of drug-likeness (QED) is 0.628. The van der Waals surface area contributed by atoms with E-state index in [9.17, 15) is 4.79 Å². The molecule has 0 aliphatic rings. The van der Waals surface area contributed by atoms with Gasteiger partial charge in [-0.1, -0.05) is 18.2 Å². The van der Waals surface area contributed by atoms with Gasteiger partial charge >= 0.3 is 0 Å². The van der Waals surface area contributed by atoms with Gasteiger partial charge in [0.25, 0.3) is 5.91 Å². The fraction of sp³-hybridized carbons (Fsp3) is 0.0588. The van der Waals surface area contributed by atoms with E-state index in [2.05, 4.69) is 15.8 Å². The van der Waals surface area contributed by atoms with E-state index >= 15 is 0 Å². The van der Waals surface area contributed by atoms with Crippen LogP contribution in [0.1, 0.15) is 0 Å². The molecule has 118 valence electrons. The minimum Gasteiger partial charge on any atom is -0.484 e. The zero-order valence-corrected chi connectivity index (χ0v) is 12.6. The van der Waals surface area contributed by atoms with Crippen molar-refractivity contribution in [2.24, 2.45) is 5.10 Å². The first-order chi connectivity index (χ1) is 11.7. The Bertz CT molecular complexity index is 786. The van der Waals surface area contributed by atoms with Crippen LogP contribution in [-0.4, -0.2) is 18.2 Å². The maximum atomic E-state index is 11.8. The van der Waals surface area contributed by atoms with Gasteiger partial charge in [0.2, 0.25) is 5.71 Å². The molecule has 0 atom stereocenters. The fourth-order valence-corrected chi connectivity index (χ4v) is 1.69. The van der Waals surface area contributed by atoms with Gasteiger partial charge in [0.15, 0.2) is 6.61 Å². The third-order valence-corrected chi connectivity index (χ3v) is 2.79. The first-order valence-corrected chi connectivity index (χ1v) is 6.93. The van der Waals surface area contributed by atoms with E-state index in [1.807, 2.05) is 18.2 Å². The van der Waals surface area contributed by atoms with Crippen LogP contribution in [0.15, 0.2) is 59.7 Å². The number of nitrogens with zero attached hydrogens (tertiary/aromatic N) is 3. The lowest BCUT2D eigenvalue weighted by Crippen LogP contribution is -2.20. The highest BCUT2D eigenvalue weighted by atomic mass is 16.5. The molecular weight excluding hydrogens is 306 g/mol. The number of ether oxygens (including phenoxy) is 1. The Kier molecular flexibility index (Phi) is 5.90. The van der Waals surface area contributed by atoms with Crippen LogP contribution in [0, 0.1) is 22.7 Å². The molecule has 7 nitrogen and oxygen atoms in total. The molecule has 2 aromatic carbocycles. The SMILES string of the molecule is N#CC(C#N)=NNc1ccc(NC(=O)COc2ccccc2)cc1. The lowest BCUT2D eigenvalue weighted by Gasteiger charge is -2.08. The van der Waals surface area contributed by atoms with Crippen molar-refractivity contribution in [3.8, 4) is 17.9 Å². The van der Waals surface area contributed by atoms with Gasteiger partial charge < -0.3 is 10.1 Å². The van der Waals surface area contributed by atoms with Gasteiger partial charge in [-0.15, -0.1) is 0 Å². The zero-order chi connectivity index (χ0) is 17.2. The minimum absolute atomic E-state index is 0.0952. The minimum atomic E-state index is -0.283. The summed E-state index contributed by atoms with van der Waals surface area (Å²) in [6.45, 7) is -0.0952. The van der Waals surface area contributed by atoms with Gasteiger partial charge in [0.05, 0.1) is 5.69 Å². The number of carbonyl (C=O) groups is 1. The second-order valence-electron chi connectivity index (χ2n) is 4.52. The first kappa shape index (κ1) is 16.5. The third-order valence-electron chi connectivity index (χ3n) is 2.79. The fourth-order valence-electron chi connectivity index (χ4n) is 1.69. The molecule has 2 aromatic rings. The van der Waals surface area contributed by atoms with Gasteiger partial charge in [0, 0.05) is 5.69 Å². The third kappa shape index (κ3) is 5.17. The Morgan fingerprint density at radius 1 is 1.00 bits per heavy atom. The number of hydrogen-bond donors (Lipinski definition) is 2. The van der Waals surface area contributed by atoms with Gasteiger partial charge in [-0.3, -0.25) is 10.2 Å². The molecule has 1 amide bonds. The summed E-state index contributed by atoms with van der Waals surface area (Å²) in [4.78, 5) is 11.8. The van der Waals surface area contributed by atoms with E-state index in [0.29, 0.717) is 17.1 Å². The number of benzene rings is 2. The molecule has 24 heavy (non-hydrogen) atoms. The second-order valence-corrected chi connectivity index (χ2v) is 4.52. The van der Waals surface area contributed by atoms with Crippen molar-refractivity contribution in [1.82, 2.24) is 0 Å². The number of hydrazone groups is 1. The van der Waals surface area contributed by atoms with E-state index in [4.69, 9.17) is 15.3 Å². The van der Waals surface area contributed by atoms with Crippen LogP contribution in [0.4, 0.5) is 11.4 Å². The van der Waals surface area contributed by atoms with Crippen molar-refractivity contribution in [2.45, 2.75) is 0 Å². The van der Waals surface area contributed by atoms with E-state index in [-0.39, 0.29) is 18.2 Å². The van der Waals surface area contributed by atoms with Crippen LogP contribution >= 0.6 is 0 Å². The molecule has 0 bridgehead atoms. The Balaban J connectivity index is 1.85. The van der Waals surface area contributed by atoms with Crippen molar-refractivity contribution in [3.63, 3.8) is 0 Å². The summed E-state index contributed by atoms with van der Waals surface area (Å²) < 4.78 is 5.35. The highest BCUT2D eigenvalue weighted by Crippen LogP contribution is 2.14. The molecule has 2 rings (SSSR count). The predicted octanol–water partition coefficient (Wildman–Crippen LogP) is 2.52. The molecule has 0 aliphatic carbocycles. The monoisotopic (exact) mass is 319 g/mol. The number of hydrogen-bond acceptors (Lipinski definition) is 6. The maximum absolute atomic E-state index is 11.8. The number of rotatable bonds is 6. The van der Waals surface area contributed by atoms with Crippen molar-refractivity contribution >= 4 is 23.0 Å². The normalized spacial score (nSPS) is 9.08. The molecule has 0 heterocycles. The Morgan fingerprint density at radius 2 is 1.62 bits per heavy atom. The van der Waals surface area contributed by atoms with Crippen molar-refractivity contribution < 1.29 is 9.53 Å². The molecule has 7 heteroatoms. The predicted molar refractivity (Wildman–Crippen MR) is 89.3 cm³/mol. The van der Waals surface area contributed by atoms with Crippen LogP contribution in [0.2, 0.25) is 0 Å². The van der Waals surface area contributed by atoms with Gasteiger partial charge in [-0.2, -0.15) is 15.6 Å². The summed E-state index contributed by atoms with van der Waals surface area (Å²) >= 11 is 0. The number of para-hydroxylation sites is 1. The summed E-state index contributed by atoms with van der Waals surface area (Å²) in [5, 5.41) is 23.5. The number of carbonyl (C=O) groups excluding carboxylic acids is 1. The van der Waals surface area contributed by atoms with Crippen LogP contribution < -0.4 is 15.5 Å². The van der Waals surface area contributed by atoms with Crippen LogP contribution in [0.25, 0.3) is 0 Å². The van der Waals surface area contributed by atoms with Crippen LogP contribution in [0.3, 0.4) is 0 Å². The maximum Gasteiger partial charge on any atom is 0.262 e. The molecule has 0 radical (unpaired) electrons. The summed E-state index contributed by atoms with van der Waals surface area (Å²) in [6, 6.07) is 19.0. The van der Waals surface area contributed by atoms with Gasteiger partial charge in [-0.05, 0) is 36.4 Å². The summed E-state index contributed by atoms with van der Waals surface area (Å²) in [6.07, 6.45) is 0. The number of nitrogens with one attached hydrogen (secondary N) is 2. The molecule has 0 aliphatic heterocycles. The van der Waals surface area contributed by atoms with E-state index in [1.54, 1.807) is 48.5 Å². The highest BCUT2D eigenvalue weighted by Gasteiger charge is 2.04. The topological polar surface area (TPSA) is 110 Å². The Morgan fingerprint density at radius 3 is 2.25 bits per heavy atom. The standard InChI is InChI=1S/C17H13N5O2/c18-10-15(11-19)22-21-14-8-6-13(7-9-14)20-17(23)12-24-16-4-2-1-3-5-16/h1-9,21H,12H2,(H,20,23). The first-order valence-electron chi connectivity index (χ1n) is 6.93. The van der Waals surface area contributed by atoms with Gasteiger partial charge in [0.1, 0.15) is 17.9 Å². The van der Waals surface area contributed by atoms with Crippen LogP contribution in [0.5, 0.6) is 5.75 Å². The highest BCUT2D eigenvalue weighted by molar-refractivity contribution is 6.10. The van der Waals surface area contributed by atoms with Crippen molar-refractivity contribution in [1.29, 1.82) is 10.5 Å². The lowest BCUT2D eigenvalue weighted by atomic mass is 10.3.